The third-order valence-electron chi connectivity index (χ3n) is 4.11. The van der Waals surface area contributed by atoms with Crippen LogP contribution in [-0.2, 0) is 4.79 Å². The second kappa shape index (κ2) is 5.78. The summed E-state index contributed by atoms with van der Waals surface area (Å²) in [6.07, 6.45) is 0.407. The van der Waals surface area contributed by atoms with Gasteiger partial charge in [0, 0.05) is 5.92 Å². The molecule has 0 amide bonds. The number of Topliss-reactive ketones (excluding diaryl/α,β-unsaturated/α-hetero) is 2. The van der Waals surface area contributed by atoms with E-state index in [0.29, 0.717) is 17.7 Å². The largest absolute Gasteiger partial charge is 0.489 e. The maximum atomic E-state index is 12.7. The van der Waals surface area contributed by atoms with Gasteiger partial charge in [-0.05, 0) is 31.4 Å². The predicted octanol–water partition coefficient (Wildman–Crippen LogP) is 3.52. The molecular formula is C17H22O3. The number of hydrogen-bond donors (Lipinski definition) is 0. The Morgan fingerprint density at radius 1 is 1.25 bits per heavy atom. The number of carbonyl (C=O) groups excluding carboxylic acids is 2. The first-order valence-corrected chi connectivity index (χ1v) is 7.22. The molecule has 2 rings (SSSR count). The molecule has 0 saturated carbocycles. The van der Waals surface area contributed by atoms with Crippen molar-refractivity contribution in [3.05, 3.63) is 29.8 Å². The number of ketones is 2. The first-order valence-electron chi connectivity index (χ1n) is 7.22. The van der Waals surface area contributed by atoms with Gasteiger partial charge < -0.3 is 4.74 Å². The molecule has 3 unspecified atom stereocenters. The molecule has 0 aromatic heterocycles. The van der Waals surface area contributed by atoms with Crippen LogP contribution in [0.2, 0.25) is 0 Å². The van der Waals surface area contributed by atoms with E-state index in [1.165, 1.54) is 0 Å². The molecule has 0 fully saturated rings. The van der Waals surface area contributed by atoms with Gasteiger partial charge in [0.2, 0.25) is 0 Å². The monoisotopic (exact) mass is 274 g/mol. The van der Waals surface area contributed by atoms with E-state index < -0.39 is 0 Å². The zero-order valence-electron chi connectivity index (χ0n) is 12.6. The molecule has 1 aromatic carbocycles. The van der Waals surface area contributed by atoms with Crippen LogP contribution in [0.4, 0.5) is 0 Å². The summed E-state index contributed by atoms with van der Waals surface area (Å²) in [5, 5.41) is 0. The van der Waals surface area contributed by atoms with Crippen molar-refractivity contribution in [2.75, 3.05) is 0 Å². The van der Waals surface area contributed by atoms with Crippen LogP contribution in [0, 0.1) is 17.8 Å². The number of ether oxygens (including phenoxy) is 1. The second-order valence-electron chi connectivity index (χ2n) is 6.04. The third kappa shape index (κ3) is 2.77. The highest BCUT2D eigenvalue weighted by molar-refractivity contribution is 6.01. The highest BCUT2D eigenvalue weighted by Crippen LogP contribution is 2.36. The Hall–Kier alpha value is -1.64. The van der Waals surface area contributed by atoms with E-state index in [0.717, 1.165) is 0 Å². The average molecular weight is 274 g/mol. The number of para-hydroxylation sites is 1. The van der Waals surface area contributed by atoms with Crippen molar-refractivity contribution in [1.29, 1.82) is 0 Å². The van der Waals surface area contributed by atoms with Gasteiger partial charge in [-0.15, -0.1) is 0 Å². The topological polar surface area (TPSA) is 43.4 Å². The molecule has 0 spiro atoms. The minimum absolute atomic E-state index is 0.110. The molecule has 20 heavy (non-hydrogen) atoms. The molecule has 1 heterocycles. The Kier molecular flexibility index (Phi) is 4.26. The molecule has 108 valence electrons. The fraction of sp³-hybridized carbons (Fsp3) is 0.529. The van der Waals surface area contributed by atoms with Crippen molar-refractivity contribution < 1.29 is 14.3 Å². The summed E-state index contributed by atoms with van der Waals surface area (Å²) in [7, 11) is 0. The van der Waals surface area contributed by atoms with Crippen molar-refractivity contribution in [2.45, 2.75) is 40.2 Å². The molecule has 0 bridgehead atoms. The average Bonchev–Trinajstić information content (AvgIpc) is 2.41. The van der Waals surface area contributed by atoms with Gasteiger partial charge in [0.05, 0.1) is 11.5 Å². The molecule has 0 saturated heterocycles. The molecule has 3 nitrogen and oxygen atoms in total. The van der Waals surface area contributed by atoms with Gasteiger partial charge in [0.1, 0.15) is 17.6 Å². The number of fused-ring (bicyclic) bond motifs is 1. The summed E-state index contributed by atoms with van der Waals surface area (Å²) < 4.78 is 6.02. The van der Waals surface area contributed by atoms with E-state index in [4.69, 9.17) is 4.74 Å². The molecule has 1 aromatic rings. The van der Waals surface area contributed by atoms with Gasteiger partial charge >= 0.3 is 0 Å². The molecule has 0 aliphatic carbocycles. The van der Waals surface area contributed by atoms with Crippen LogP contribution in [0.1, 0.15) is 44.5 Å². The van der Waals surface area contributed by atoms with E-state index in [1.807, 2.05) is 25.1 Å². The van der Waals surface area contributed by atoms with Gasteiger partial charge in [-0.2, -0.15) is 0 Å². The van der Waals surface area contributed by atoms with Crippen molar-refractivity contribution in [1.82, 2.24) is 0 Å². The molecule has 0 radical (unpaired) electrons. The van der Waals surface area contributed by atoms with Crippen LogP contribution < -0.4 is 4.74 Å². The molecular weight excluding hydrogens is 252 g/mol. The zero-order valence-corrected chi connectivity index (χ0v) is 12.6. The first-order chi connectivity index (χ1) is 9.41. The Morgan fingerprint density at radius 2 is 1.90 bits per heavy atom. The first kappa shape index (κ1) is 14.8. The summed E-state index contributed by atoms with van der Waals surface area (Å²) in [5.74, 6) is 0.792. The molecule has 1 aliphatic heterocycles. The minimum atomic E-state index is -0.233. The maximum Gasteiger partial charge on any atom is 0.173 e. The van der Waals surface area contributed by atoms with Crippen molar-refractivity contribution in [3.8, 4) is 5.75 Å². The number of benzene rings is 1. The van der Waals surface area contributed by atoms with E-state index in [-0.39, 0.29) is 35.4 Å². The fourth-order valence-electron chi connectivity index (χ4n) is 2.74. The predicted molar refractivity (Wildman–Crippen MR) is 78.0 cm³/mol. The summed E-state index contributed by atoms with van der Waals surface area (Å²) in [4.78, 5) is 24.2. The smallest absolute Gasteiger partial charge is 0.173 e. The van der Waals surface area contributed by atoms with Gasteiger partial charge in [-0.1, -0.05) is 32.9 Å². The van der Waals surface area contributed by atoms with Gasteiger partial charge in [0.15, 0.2) is 5.78 Å². The lowest BCUT2D eigenvalue weighted by Crippen LogP contribution is -2.42. The minimum Gasteiger partial charge on any atom is -0.489 e. The van der Waals surface area contributed by atoms with E-state index in [2.05, 4.69) is 13.8 Å². The van der Waals surface area contributed by atoms with Crippen LogP contribution >= 0.6 is 0 Å². The van der Waals surface area contributed by atoms with Crippen LogP contribution in [0.3, 0.4) is 0 Å². The zero-order chi connectivity index (χ0) is 14.9. The van der Waals surface area contributed by atoms with Crippen molar-refractivity contribution in [2.24, 2.45) is 17.8 Å². The lowest BCUT2D eigenvalue weighted by Gasteiger charge is -2.35. The number of hydrogen-bond acceptors (Lipinski definition) is 3. The summed E-state index contributed by atoms with van der Waals surface area (Å²) in [6, 6.07) is 7.37. The highest BCUT2D eigenvalue weighted by atomic mass is 16.5. The van der Waals surface area contributed by atoms with Gasteiger partial charge in [-0.3, -0.25) is 9.59 Å². The van der Waals surface area contributed by atoms with Crippen LogP contribution in [0.15, 0.2) is 24.3 Å². The van der Waals surface area contributed by atoms with Crippen LogP contribution in [0.5, 0.6) is 5.75 Å². The van der Waals surface area contributed by atoms with E-state index in [1.54, 1.807) is 13.0 Å². The Bertz CT molecular complexity index is 519. The summed E-state index contributed by atoms with van der Waals surface area (Å²) >= 11 is 0. The maximum absolute atomic E-state index is 12.7. The van der Waals surface area contributed by atoms with E-state index in [9.17, 15) is 9.59 Å². The number of carbonyl (C=O) groups is 2. The van der Waals surface area contributed by atoms with Crippen molar-refractivity contribution in [3.63, 3.8) is 0 Å². The van der Waals surface area contributed by atoms with Gasteiger partial charge in [-0.25, -0.2) is 0 Å². The number of rotatable bonds is 4. The second-order valence-corrected chi connectivity index (χ2v) is 6.04. The Morgan fingerprint density at radius 3 is 2.50 bits per heavy atom. The molecule has 0 N–H and O–H groups in total. The fourth-order valence-corrected chi connectivity index (χ4v) is 2.74. The van der Waals surface area contributed by atoms with Gasteiger partial charge in [0.25, 0.3) is 0 Å². The Balaban J connectivity index is 2.33. The normalized spacial score (nSPS) is 23.1. The Labute approximate surface area is 120 Å². The lowest BCUT2D eigenvalue weighted by molar-refractivity contribution is -0.120. The summed E-state index contributed by atoms with van der Waals surface area (Å²) in [5.41, 5.74) is 0.644. The van der Waals surface area contributed by atoms with Crippen molar-refractivity contribution >= 4 is 11.6 Å². The van der Waals surface area contributed by atoms with E-state index >= 15 is 0 Å². The summed E-state index contributed by atoms with van der Waals surface area (Å²) in [6.45, 7) is 7.57. The van der Waals surface area contributed by atoms with Crippen LogP contribution in [0.25, 0.3) is 0 Å². The molecule has 3 heteroatoms. The molecule has 3 atom stereocenters. The third-order valence-corrected chi connectivity index (χ3v) is 4.11. The quantitative estimate of drug-likeness (QED) is 0.843. The highest BCUT2D eigenvalue weighted by Gasteiger charge is 2.39. The standard InChI is InChI=1S/C17H22O3/c1-10(2)17-14(9-11(3)12(4)18)16(19)13-7-5-6-8-15(13)20-17/h5-8,10-11,14,17H,9H2,1-4H3. The SMILES string of the molecule is CC(=O)C(C)CC1C(=O)c2ccccc2OC1C(C)C. The lowest BCUT2D eigenvalue weighted by atomic mass is 9.78. The van der Waals surface area contributed by atoms with Crippen LogP contribution in [-0.4, -0.2) is 17.7 Å². The molecule has 1 aliphatic rings.